The van der Waals surface area contributed by atoms with Gasteiger partial charge >= 0.3 is 5.97 Å². The lowest BCUT2D eigenvalue weighted by atomic mass is 10.2. The van der Waals surface area contributed by atoms with Crippen LogP contribution in [0.4, 0.5) is 5.69 Å². The minimum atomic E-state index is -0.394. The molecule has 3 nitrogen and oxygen atoms in total. The Hall–Kier alpha value is -1.56. The van der Waals surface area contributed by atoms with Crippen molar-refractivity contribution in [2.75, 3.05) is 5.73 Å². The van der Waals surface area contributed by atoms with E-state index >= 15 is 0 Å². The molecule has 2 aromatic rings. The van der Waals surface area contributed by atoms with Crippen LogP contribution < -0.4 is 5.73 Å². The lowest BCUT2D eigenvalue weighted by molar-refractivity contribution is 0.0474. The number of halogens is 1. The van der Waals surface area contributed by atoms with Gasteiger partial charge in [0, 0.05) is 3.57 Å². The zero-order chi connectivity index (χ0) is 13.0. The number of hydrogen-bond donors (Lipinski definition) is 1. The van der Waals surface area contributed by atoms with E-state index in [-0.39, 0.29) is 6.61 Å². The number of hydrogen-bond acceptors (Lipinski definition) is 3. The molecule has 0 saturated carbocycles. The van der Waals surface area contributed by atoms with Gasteiger partial charge in [0.05, 0.1) is 11.3 Å². The van der Waals surface area contributed by atoms with Gasteiger partial charge in [-0.2, -0.15) is 0 Å². The number of carbonyl (C=O) groups is 1. The van der Waals surface area contributed by atoms with E-state index in [0.29, 0.717) is 11.3 Å². The summed E-state index contributed by atoms with van der Waals surface area (Å²) in [5.41, 5.74) is 7.68. The minimum Gasteiger partial charge on any atom is -0.457 e. The fraction of sp³-hybridized carbons (Fsp3) is 0.0714. The van der Waals surface area contributed by atoms with Crippen LogP contribution in [0, 0.1) is 3.57 Å². The summed E-state index contributed by atoms with van der Waals surface area (Å²) in [6, 6.07) is 14.9. The fourth-order valence-corrected chi connectivity index (χ4v) is 2.01. The molecule has 0 heterocycles. The topological polar surface area (TPSA) is 52.3 Å². The molecule has 92 valence electrons. The zero-order valence-corrected chi connectivity index (χ0v) is 11.8. The van der Waals surface area contributed by atoms with E-state index in [9.17, 15) is 4.79 Å². The molecule has 18 heavy (non-hydrogen) atoms. The van der Waals surface area contributed by atoms with E-state index in [4.69, 9.17) is 10.5 Å². The van der Waals surface area contributed by atoms with Crippen LogP contribution >= 0.6 is 22.6 Å². The Kier molecular flexibility index (Phi) is 4.19. The molecule has 0 fully saturated rings. The van der Waals surface area contributed by atoms with Crippen molar-refractivity contribution in [2.24, 2.45) is 0 Å². The number of ether oxygens (including phenoxy) is 1. The maximum atomic E-state index is 11.9. The molecule has 0 unspecified atom stereocenters. The van der Waals surface area contributed by atoms with E-state index in [0.717, 1.165) is 9.13 Å². The van der Waals surface area contributed by atoms with Crippen molar-refractivity contribution in [3.05, 3.63) is 63.2 Å². The van der Waals surface area contributed by atoms with E-state index in [1.54, 1.807) is 12.1 Å². The monoisotopic (exact) mass is 353 g/mol. The first-order valence-corrected chi connectivity index (χ1v) is 6.51. The molecular weight excluding hydrogens is 341 g/mol. The van der Waals surface area contributed by atoms with Crippen LogP contribution in [0.25, 0.3) is 0 Å². The molecule has 2 rings (SSSR count). The van der Waals surface area contributed by atoms with Crippen LogP contribution in [0.2, 0.25) is 0 Å². The van der Waals surface area contributed by atoms with Crippen LogP contribution in [-0.2, 0) is 11.3 Å². The number of anilines is 1. The summed E-state index contributed by atoms with van der Waals surface area (Å²) in [4.78, 5) is 11.9. The predicted molar refractivity (Wildman–Crippen MR) is 79.1 cm³/mol. The van der Waals surface area contributed by atoms with Crippen LogP contribution in [0.5, 0.6) is 0 Å². The Morgan fingerprint density at radius 1 is 1.11 bits per heavy atom. The van der Waals surface area contributed by atoms with Crippen LogP contribution in [0.3, 0.4) is 0 Å². The number of nitrogen functional groups attached to an aromatic ring is 1. The second-order valence-electron chi connectivity index (χ2n) is 3.76. The largest absolute Gasteiger partial charge is 0.457 e. The summed E-state index contributed by atoms with van der Waals surface area (Å²) in [7, 11) is 0. The molecule has 0 bridgehead atoms. The van der Waals surface area contributed by atoms with Gasteiger partial charge in [0.2, 0.25) is 0 Å². The van der Waals surface area contributed by atoms with Gasteiger partial charge in [-0.15, -0.1) is 0 Å². The highest BCUT2D eigenvalue weighted by atomic mass is 127. The molecule has 2 aromatic carbocycles. The first kappa shape index (κ1) is 12.9. The van der Waals surface area contributed by atoms with Gasteiger partial charge in [0.1, 0.15) is 6.61 Å². The molecule has 0 spiro atoms. The molecule has 0 aliphatic heterocycles. The van der Waals surface area contributed by atoms with Crippen LogP contribution in [-0.4, -0.2) is 5.97 Å². The third-order valence-electron chi connectivity index (χ3n) is 2.49. The molecule has 4 heteroatoms. The number of esters is 1. The lowest BCUT2D eigenvalue weighted by Crippen LogP contribution is -2.09. The summed E-state index contributed by atoms with van der Waals surface area (Å²) in [6.07, 6.45) is 0. The van der Waals surface area contributed by atoms with E-state index < -0.39 is 5.97 Å². The summed E-state index contributed by atoms with van der Waals surface area (Å²) in [5.74, 6) is -0.394. The van der Waals surface area contributed by atoms with Gasteiger partial charge < -0.3 is 10.5 Å². The zero-order valence-electron chi connectivity index (χ0n) is 9.60. The van der Waals surface area contributed by atoms with Crippen molar-refractivity contribution >= 4 is 34.2 Å². The quantitative estimate of drug-likeness (QED) is 0.524. The second-order valence-corrected chi connectivity index (χ2v) is 4.92. The number of rotatable bonds is 3. The summed E-state index contributed by atoms with van der Waals surface area (Å²) >= 11 is 2.09. The Balaban J connectivity index is 2.07. The third-order valence-corrected chi connectivity index (χ3v) is 3.43. The van der Waals surface area contributed by atoms with Gasteiger partial charge in [-0.25, -0.2) is 4.79 Å². The first-order chi connectivity index (χ1) is 8.68. The number of para-hydroxylation sites is 1. The van der Waals surface area contributed by atoms with Crippen molar-refractivity contribution in [3.8, 4) is 0 Å². The van der Waals surface area contributed by atoms with Crippen LogP contribution in [0.1, 0.15) is 15.9 Å². The maximum Gasteiger partial charge on any atom is 0.340 e. The Morgan fingerprint density at radius 3 is 2.56 bits per heavy atom. The molecule has 0 saturated heterocycles. The average molecular weight is 353 g/mol. The second kappa shape index (κ2) is 5.86. The molecule has 0 amide bonds. The Morgan fingerprint density at radius 2 is 1.83 bits per heavy atom. The number of carbonyl (C=O) groups excluding carboxylic acids is 1. The summed E-state index contributed by atoms with van der Waals surface area (Å²) in [6.45, 7) is 0.255. The van der Waals surface area contributed by atoms with Crippen molar-refractivity contribution in [1.29, 1.82) is 0 Å². The van der Waals surface area contributed by atoms with Gasteiger partial charge in [-0.1, -0.05) is 36.4 Å². The molecule has 0 aromatic heterocycles. The highest BCUT2D eigenvalue weighted by Crippen LogP contribution is 2.20. The van der Waals surface area contributed by atoms with Gasteiger partial charge in [-0.3, -0.25) is 0 Å². The SMILES string of the molecule is Nc1c(I)cccc1C(=O)OCc1ccccc1. The molecule has 0 atom stereocenters. The van der Waals surface area contributed by atoms with Crippen LogP contribution in [0.15, 0.2) is 48.5 Å². The third kappa shape index (κ3) is 3.01. The molecular formula is C14H12INO2. The van der Waals surface area contributed by atoms with Crippen molar-refractivity contribution in [2.45, 2.75) is 6.61 Å². The highest BCUT2D eigenvalue weighted by molar-refractivity contribution is 14.1. The average Bonchev–Trinajstić information content (AvgIpc) is 2.40. The fourth-order valence-electron chi connectivity index (χ4n) is 1.52. The summed E-state index contributed by atoms with van der Waals surface area (Å²) < 4.78 is 6.08. The number of benzene rings is 2. The smallest absolute Gasteiger partial charge is 0.340 e. The van der Waals surface area contributed by atoms with Gasteiger partial charge in [0.15, 0.2) is 0 Å². The van der Waals surface area contributed by atoms with Gasteiger partial charge in [-0.05, 0) is 40.3 Å². The number of nitrogens with two attached hydrogens (primary N) is 1. The first-order valence-electron chi connectivity index (χ1n) is 5.43. The van der Waals surface area contributed by atoms with Crippen molar-refractivity contribution in [1.82, 2.24) is 0 Å². The molecule has 0 aliphatic rings. The van der Waals surface area contributed by atoms with Crippen molar-refractivity contribution in [3.63, 3.8) is 0 Å². The van der Waals surface area contributed by atoms with E-state index in [1.807, 2.05) is 36.4 Å². The minimum absolute atomic E-state index is 0.255. The molecule has 2 N–H and O–H groups in total. The summed E-state index contributed by atoms with van der Waals surface area (Å²) in [5, 5.41) is 0. The maximum absolute atomic E-state index is 11.9. The highest BCUT2D eigenvalue weighted by Gasteiger charge is 2.12. The molecule has 0 radical (unpaired) electrons. The normalized spacial score (nSPS) is 10.1. The van der Waals surface area contributed by atoms with E-state index in [2.05, 4.69) is 22.6 Å². The van der Waals surface area contributed by atoms with Gasteiger partial charge in [0.25, 0.3) is 0 Å². The predicted octanol–water partition coefficient (Wildman–Crippen LogP) is 3.23. The Bertz CT molecular complexity index is 555. The lowest BCUT2D eigenvalue weighted by Gasteiger charge is -2.08. The van der Waals surface area contributed by atoms with Crippen molar-refractivity contribution < 1.29 is 9.53 Å². The molecule has 0 aliphatic carbocycles. The van der Waals surface area contributed by atoms with E-state index in [1.165, 1.54) is 0 Å². The standard InChI is InChI=1S/C14H12INO2/c15-12-8-4-7-11(13(12)16)14(17)18-9-10-5-2-1-3-6-10/h1-8H,9,16H2. The Labute approximate surface area is 119 Å².